The SMILES string of the molecule is N#C/C=C(\NCCSCc1ccsn1)NCCSCc1ncccc1Cl. The smallest absolute Gasteiger partial charge is 0.109 e. The van der Waals surface area contributed by atoms with Gasteiger partial charge in [-0.1, -0.05) is 11.6 Å². The van der Waals surface area contributed by atoms with E-state index in [9.17, 15) is 0 Å². The van der Waals surface area contributed by atoms with Gasteiger partial charge in [-0.25, -0.2) is 0 Å². The van der Waals surface area contributed by atoms with Crippen molar-refractivity contribution >= 4 is 46.7 Å². The van der Waals surface area contributed by atoms with Crippen LogP contribution in [0.15, 0.2) is 41.7 Å². The Morgan fingerprint density at radius 3 is 2.65 bits per heavy atom. The first-order valence-electron chi connectivity index (χ1n) is 8.01. The molecule has 9 heteroatoms. The molecule has 0 aromatic carbocycles. The second-order valence-electron chi connectivity index (χ2n) is 5.07. The van der Waals surface area contributed by atoms with Crippen LogP contribution in [0.3, 0.4) is 0 Å². The molecule has 0 aliphatic heterocycles. The third-order valence-electron chi connectivity index (χ3n) is 3.15. The van der Waals surface area contributed by atoms with Gasteiger partial charge in [0.15, 0.2) is 0 Å². The van der Waals surface area contributed by atoms with Crippen molar-refractivity contribution in [2.75, 3.05) is 24.6 Å². The molecule has 26 heavy (non-hydrogen) atoms. The van der Waals surface area contributed by atoms with Crippen molar-refractivity contribution in [1.82, 2.24) is 20.0 Å². The van der Waals surface area contributed by atoms with E-state index in [2.05, 4.69) is 26.1 Å². The van der Waals surface area contributed by atoms with Crippen LogP contribution in [0.25, 0.3) is 0 Å². The molecule has 0 radical (unpaired) electrons. The predicted molar refractivity (Wildman–Crippen MR) is 113 cm³/mol. The number of hydrogen-bond acceptors (Lipinski definition) is 8. The molecule has 0 unspecified atom stereocenters. The Kier molecular flexibility index (Phi) is 10.4. The maximum atomic E-state index is 8.90. The van der Waals surface area contributed by atoms with E-state index >= 15 is 0 Å². The molecule has 0 bridgehead atoms. The van der Waals surface area contributed by atoms with E-state index in [1.165, 1.54) is 17.6 Å². The van der Waals surface area contributed by atoms with Crippen molar-refractivity contribution in [1.29, 1.82) is 5.26 Å². The molecule has 2 rings (SSSR count). The first kappa shape index (κ1) is 20.9. The van der Waals surface area contributed by atoms with Gasteiger partial charge in [0.1, 0.15) is 5.82 Å². The number of rotatable bonds is 12. The van der Waals surface area contributed by atoms with E-state index < -0.39 is 0 Å². The summed E-state index contributed by atoms with van der Waals surface area (Å²) < 4.78 is 4.28. The van der Waals surface area contributed by atoms with E-state index in [1.54, 1.807) is 18.0 Å². The monoisotopic (exact) mass is 425 g/mol. The Balaban J connectivity index is 1.57. The fourth-order valence-electron chi connectivity index (χ4n) is 1.93. The number of nitrogens with one attached hydrogen (secondary N) is 2. The molecule has 0 spiro atoms. The van der Waals surface area contributed by atoms with Crippen LogP contribution in [0.2, 0.25) is 5.02 Å². The lowest BCUT2D eigenvalue weighted by molar-refractivity contribution is 0.728. The van der Waals surface area contributed by atoms with Crippen LogP contribution in [0, 0.1) is 11.3 Å². The van der Waals surface area contributed by atoms with Crippen molar-refractivity contribution in [3.8, 4) is 6.07 Å². The average molecular weight is 426 g/mol. The second kappa shape index (κ2) is 12.9. The summed E-state index contributed by atoms with van der Waals surface area (Å²) in [6, 6.07) is 7.80. The van der Waals surface area contributed by atoms with Gasteiger partial charge in [0.25, 0.3) is 0 Å². The van der Waals surface area contributed by atoms with Gasteiger partial charge in [0.05, 0.1) is 28.6 Å². The van der Waals surface area contributed by atoms with Crippen molar-refractivity contribution in [3.63, 3.8) is 0 Å². The second-order valence-corrected chi connectivity index (χ2v) is 8.35. The van der Waals surface area contributed by atoms with E-state index in [1.807, 2.05) is 35.3 Å². The summed E-state index contributed by atoms with van der Waals surface area (Å²) in [6.07, 6.45) is 3.26. The number of nitrogens with zero attached hydrogens (tertiary/aromatic N) is 3. The molecule has 0 aliphatic rings. The number of aromatic nitrogens is 2. The van der Waals surface area contributed by atoms with Gasteiger partial charge in [-0.2, -0.15) is 33.2 Å². The van der Waals surface area contributed by atoms with Crippen LogP contribution in [0.4, 0.5) is 0 Å². The third kappa shape index (κ3) is 8.32. The van der Waals surface area contributed by atoms with Crippen LogP contribution in [0.1, 0.15) is 11.4 Å². The minimum atomic E-state index is 0.704. The van der Waals surface area contributed by atoms with Gasteiger partial charge < -0.3 is 10.6 Å². The lowest BCUT2D eigenvalue weighted by Crippen LogP contribution is -2.29. The Hall–Kier alpha value is -1.40. The van der Waals surface area contributed by atoms with Crippen molar-refractivity contribution in [2.45, 2.75) is 11.5 Å². The van der Waals surface area contributed by atoms with Crippen LogP contribution in [-0.2, 0) is 11.5 Å². The van der Waals surface area contributed by atoms with Crippen LogP contribution in [0.5, 0.6) is 0 Å². The molecule has 5 nitrogen and oxygen atoms in total. The Morgan fingerprint density at radius 2 is 2.00 bits per heavy atom. The zero-order chi connectivity index (χ0) is 18.5. The Bertz CT molecular complexity index is 715. The minimum absolute atomic E-state index is 0.704. The van der Waals surface area contributed by atoms with Gasteiger partial charge in [-0.3, -0.25) is 4.98 Å². The summed E-state index contributed by atoms with van der Waals surface area (Å²) in [5, 5.41) is 18.1. The first-order chi connectivity index (χ1) is 12.8. The molecule has 2 N–H and O–H groups in total. The molecule has 0 saturated heterocycles. The normalized spacial score (nSPS) is 11.2. The molecule has 2 heterocycles. The van der Waals surface area contributed by atoms with E-state index in [4.69, 9.17) is 16.9 Å². The molecule has 0 fully saturated rings. The predicted octanol–water partition coefficient (Wildman–Crippen LogP) is 3.90. The molecule has 138 valence electrons. The fraction of sp³-hybridized carbons (Fsp3) is 0.353. The van der Waals surface area contributed by atoms with Crippen molar-refractivity contribution in [3.05, 3.63) is 58.1 Å². The van der Waals surface area contributed by atoms with Gasteiger partial charge in [-0.05, 0) is 29.7 Å². The molecular weight excluding hydrogens is 406 g/mol. The van der Waals surface area contributed by atoms with Gasteiger partial charge in [-0.15, -0.1) is 0 Å². The summed E-state index contributed by atoms with van der Waals surface area (Å²) >= 11 is 11.1. The zero-order valence-electron chi connectivity index (χ0n) is 14.2. The summed E-state index contributed by atoms with van der Waals surface area (Å²) in [6.45, 7) is 1.56. The maximum Gasteiger partial charge on any atom is 0.109 e. The van der Waals surface area contributed by atoms with Crippen LogP contribution < -0.4 is 10.6 Å². The fourth-order valence-corrected chi connectivity index (χ4v) is 4.39. The largest absolute Gasteiger partial charge is 0.370 e. The molecule has 0 atom stereocenters. The maximum absolute atomic E-state index is 8.90. The number of allylic oxidation sites excluding steroid dienone is 1. The van der Waals surface area contributed by atoms with Crippen LogP contribution in [-0.4, -0.2) is 34.0 Å². The lowest BCUT2D eigenvalue weighted by atomic mass is 10.4. The first-order valence-corrected chi connectivity index (χ1v) is 11.5. The Labute approximate surface area is 171 Å². The topological polar surface area (TPSA) is 73.6 Å². The van der Waals surface area contributed by atoms with Gasteiger partial charge in [0, 0.05) is 47.7 Å². The molecular formula is C17H20ClN5S3. The number of nitriles is 1. The number of halogens is 1. The Morgan fingerprint density at radius 1 is 1.23 bits per heavy atom. The zero-order valence-corrected chi connectivity index (χ0v) is 17.4. The van der Waals surface area contributed by atoms with E-state index in [-0.39, 0.29) is 0 Å². The number of hydrogen-bond donors (Lipinski definition) is 2. The van der Waals surface area contributed by atoms with Crippen molar-refractivity contribution in [2.24, 2.45) is 0 Å². The van der Waals surface area contributed by atoms with Crippen molar-refractivity contribution < 1.29 is 0 Å². The summed E-state index contributed by atoms with van der Waals surface area (Å²) in [4.78, 5) is 4.27. The molecule has 2 aromatic rings. The number of thioether (sulfide) groups is 2. The standard InChI is InChI=1S/C17H20ClN5S3/c18-15-2-1-6-20-16(15)13-25-11-8-22-17(3-5-19)21-7-10-24-12-14-4-9-26-23-14/h1-4,6,9,21-22H,7-8,10-13H2/b17-3+. The summed E-state index contributed by atoms with van der Waals surface area (Å²) in [7, 11) is 0. The highest BCUT2D eigenvalue weighted by atomic mass is 35.5. The summed E-state index contributed by atoms with van der Waals surface area (Å²) in [5.74, 6) is 4.31. The molecule has 0 amide bonds. The van der Waals surface area contributed by atoms with Gasteiger partial charge in [0.2, 0.25) is 0 Å². The number of pyridine rings is 1. The lowest BCUT2D eigenvalue weighted by Gasteiger charge is -2.12. The average Bonchev–Trinajstić information content (AvgIpc) is 3.16. The molecule has 2 aromatic heterocycles. The van der Waals surface area contributed by atoms with Crippen LogP contribution >= 0.6 is 46.7 Å². The highest BCUT2D eigenvalue weighted by molar-refractivity contribution is 7.98. The highest BCUT2D eigenvalue weighted by Gasteiger charge is 2.01. The highest BCUT2D eigenvalue weighted by Crippen LogP contribution is 2.18. The van der Waals surface area contributed by atoms with Gasteiger partial charge >= 0.3 is 0 Å². The van der Waals surface area contributed by atoms with E-state index in [0.29, 0.717) is 5.02 Å². The quantitative estimate of drug-likeness (QED) is 0.394. The van der Waals surface area contributed by atoms with E-state index in [0.717, 1.165) is 53.3 Å². The minimum Gasteiger partial charge on any atom is -0.370 e. The summed E-state index contributed by atoms with van der Waals surface area (Å²) in [5.41, 5.74) is 2.03. The molecule has 0 aliphatic carbocycles. The molecule has 0 saturated carbocycles. The third-order valence-corrected chi connectivity index (χ3v) is 6.05.